The summed E-state index contributed by atoms with van der Waals surface area (Å²) in [5, 5.41) is 7.88. The molecular formula is C22H22Cl2N4O2S. The van der Waals surface area contributed by atoms with E-state index in [0.29, 0.717) is 17.1 Å². The minimum absolute atomic E-state index is 0. The van der Waals surface area contributed by atoms with Crippen LogP contribution in [0, 0.1) is 6.92 Å². The van der Waals surface area contributed by atoms with Gasteiger partial charge in [-0.05, 0) is 55.4 Å². The van der Waals surface area contributed by atoms with Gasteiger partial charge in [0.25, 0.3) is 10.0 Å². The fourth-order valence-electron chi connectivity index (χ4n) is 3.42. The Morgan fingerprint density at radius 1 is 1.13 bits per heavy atom. The second-order valence-electron chi connectivity index (χ2n) is 6.96. The Morgan fingerprint density at radius 2 is 1.94 bits per heavy atom. The van der Waals surface area contributed by atoms with Crippen LogP contribution in [0.15, 0.2) is 72.0 Å². The number of pyridine rings is 1. The number of fused-ring (bicyclic) bond motifs is 1. The third kappa shape index (κ3) is 4.41. The van der Waals surface area contributed by atoms with Gasteiger partial charge in [0.2, 0.25) is 0 Å². The number of hydrogen-bond acceptors (Lipinski definition) is 5. The molecule has 9 heteroatoms. The first-order chi connectivity index (χ1) is 14.4. The zero-order valence-electron chi connectivity index (χ0n) is 17.0. The molecule has 0 atom stereocenters. The first kappa shape index (κ1) is 23.1. The average Bonchev–Trinajstić information content (AvgIpc) is 3.10. The predicted molar refractivity (Wildman–Crippen MR) is 128 cm³/mol. The lowest BCUT2D eigenvalue weighted by Gasteiger charge is -2.13. The maximum absolute atomic E-state index is 13.3. The molecule has 0 radical (unpaired) electrons. The molecule has 0 fully saturated rings. The van der Waals surface area contributed by atoms with Crippen molar-refractivity contribution in [3.8, 4) is 0 Å². The van der Waals surface area contributed by atoms with Crippen LogP contribution < -0.4 is 10.6 Å². The van der Waals surface area contributed by atoms with Crippen LogP contribution >= 0.6 is 24.0 Å². The van der Waals surface area contributed by atoms with E-state index in [2.05, 4.69) is 15.6 Å². The lowest BCUT2D eigenvalue weighted by Crippen LogP contribution is -2.12. The Balaban J connectivity index is 0.00000272. The maximum Gasteiger partial charge on any atom is 0.269 e. The van der Waals surface area contributed by atoms with Crippen molar-refractivity contribution < 1.29 is 8.42 Å². The predicted octanol–water partition coefficient (Wildman–Crippen LogP) is 5.12. The number of nitrogens with zero attached hydrogens (tertiary/aromatic N) is 2. The van der Waals surface area contributed by atoms with E-state index in [-0.39, 0.29) is 17.3 Å². The fourth-order valence-corrected chi connectivity index (χ4v) is 5.04. The first-order valence-electron chi connectivity index (χ1n) is 9.38. The van der Waals surface area contributed by atoms with E-state index in [1.165, 1.54) is 10.2 Å². The van der Waals surface area contributed by atoms with Gasteiger partial charge in [-0.2, -0.15) is 0 Å². The summed E-state index contributed by atoms with van der Waals surface area (Å²) in [5.74, 6) is 0. The van der Waals surface area contributed by atoms with Crippen molar-refractivity contribution in [2.45, 2.75) is 18.4 Å². The molecule has 2 heterocycles. The van der Waals surface area contributed by atoms with Gasteiger partial charge in [0.15, 0.2) is 0 Å². The third-order valence-electron chi connectivity index (χ3n) is 4.90. The largest absolute Gasteiger partial charge is 0.354 e. The van der Waals surface area contributed by atoms with E-state index in [1.807, 2.05) is 50.4 Å². The number of para-hydroxylation sites is 1. The lowest BCUT2D eigenvalue weighted by molar-refractivity contribution is 0.588. The van der Waals surface area contributed by atoms with Gasteiger partial charge in [-0.25, -0.2) is 12.4 Å². The second kappa shape index (κ2) is 9.28. The van der Waals surface area contributed by atoms with E-state index >= 15 is 0 Å². The minimum Gasteiger partial charge on any atom is -0.354 e. The number of nitrogens with one attached hydrogen (secondary N) is 2. The van der Waals surface area contributed by atoms with Crippen LogP contribution in [0.1, 0.15) is 11.1 Å². The van der Waals surface area contributed by atoms with Gasteiger partial charge in [-0.1, -0.05) is 29.8 Å². The van der Waals surface area contributed by atoms with Crippen molar-refractivity contribution >= 4 is 56.3 Å². The summed E-state index contributed by atoms with van der Waals surface area (Å²) in [6.07, 6.45) is 4.56. The molecule has 4 rings (SSSR count). The van der Waals surface area contributed by atoms with Crippen molar-refractivity contribution in [3.05, 3.63) is 83.3 Å². The Hall–Kier alpha value is -2.58. The highest BCUT2D eigenvalue weighted by Crippen LogP contribution is 2.32. The highest BCUT2D eigenvalue weighted by Gasteiger charge is 2.21. The minimum atomic E-state index is -3.80. The average molecular weight is 477 g/mol. The van der Waals surface area contributed by atoms with Gasteiger partial charge in [0.1, 0.15) is 4.90 Å². The third-order valence-corrected chi connectivity index (χ3v) is 6.88. The van der Waals surface area contributed by atoms with Gasteiger partial charge < -0.3 is 10.6 Å². The number of aromatic nitrogens is 2. The summed E-state index contributed by atoms with van der Waals surface area (Å²) in [4.78, 5) is 4.10. The molecule has 0 aliphatic rings. The van der Waals surface area contributed by atoms with E-state index in [4.69, 9.17) is 11.6 Å². The smallest absolute Gasteiger partial charge is 0.269 e. The van der Waals surface area contributed by atoms with E-state index < -0.39 is 10.0 Å². The summed E-state index contributed by atoms with van der Waals surface area (Å²) >= 11 is 6.35. The lowest BCUT2D eigenvalue weighted by atomic mass is 10.1. The van der Waals surface area contributed by atoms with Crippen LogP contribution in [0.25, 0.3) is 10.9 Å². The highest BCUT2D eigenvalue weighted by molar-refractivity contribution is 7.90. The Bertz CT molecular complexity index is 1300. The van der Waals surface area contributed by atoms with Gasteiger partial charge in [-0.15, -0.1) is 12.4 Å². The second-order valence-corrected chi connectivity index (χ2v) is 9.19. The Labute approximate surface area is 192 Å². The van der Waals surface area contributed by atoms with Gasteiger partial charge >= 0.3 is 0 Å². The Morgan fingerprint density at radius 3 is 2.61 bits per heavy atom. The standard InChI is InChI=1S/C22H21ClN4O2S.ClH/c1-15-5-3-7-20(23)22(15)26-17-8-9-19-16(12-24-2)14-27(21(19)11-17)30(28,29)18-6-4-10-25-13-18;/h3-11,13-14,24,26H,12H2,1-2H3;1H. The highest BCUT2D eigenvalue weighted by atomic mass is 35.5. The number of anilines is 2. The van der Waals surface area contributed by atoms with Gasteiger partial charge in [0, 0.05) is 36.2 Å². The van der Waals surface area contributed by atoms with Crippen LogP contribution in [-0.4, -0.2) is 24.4 Å². The van der Waals surface area contributed by atoms with E-state index in [9.17, 15) is 8.42 Å². The summed E-state index contributed by atoms with van der Waals surface area (Å²) in [6, 6.07) is 14.5. The molecule has 2 aromatic heterocycles. The molecule has 0 aliphatic heterocycles. The SMILES string of the molecule is CNCc1cn(S(=O)(=O)c2cccnc2)c2cc(Nc3c(C)cccc3Cl)ccc12.Cl. The van der Waals surface area contributed by atoms with Crippen molar-refractivity contribution in [1.82, 2.24) is 14.3 Å². The number of rotatable bonds is 6. The molecule has 2 aromatic carbocycles. The summed E-state index contributed by atoms with van der Waals surface area (Å²) < 4.78 is 27.9. The van der Waals surface area contributed by atoms with Crippen molar-refractivity contribution in [2.24, 2.45) is 0 Å². The van der Waals surface area contributed by atoms with Crippen LogP contribution in [-0.2, 0) is 16.6 Å². The summed E-state index contributed by atoms with van der Waals surface area (Å²) in [6.45, 7) is 2.51. The monoisotopic (exact) mass is 476 g/mol. The van der Waals surface area contributed by atoms with Gasteiger partial charge in [-0.3, -0.25) is 4.98 Å². The molecule has 0 aliphatic carbocycles. The van der Waals surface area contributed by atoms with Crippen molar-refractivity contribution in [1.29, 1.82) is 0 Å². The summed E-state index contributed by atoms with van der Waals surface area (Å²) in [7, 11) is -1.97. The Kier molecular flexibility index (Phi) is 6.91. The van der Waals surface area contributed by atoms with Crippen molar-refractivity contribution in [3.63, 3.8) is 0 Å². The first-order valence-corrected chi connectivity index (χ1v) is 11.2. The fraction of sp³-hybridized carbons (Fsp3) is 0.136. The zero-order chi connectivity index (χ0) is 21.3. The van der Waals surface area contributed by atoms with E-state index in [1.54, 1.807) is 24.5 Å². The summed E-state index contributed by atoms with van der Waals surface area (Å²) in [5.41, 5.74) is 4.01. The molecule has 6 nitrogen and oxygen atoms in total. The molecule has 0 unspecified atom stereocenters. The molecule has 4 aromatic rings. The molecule has 0 spiro atoms. The topological polar surface area (TPSA) is 76.0 Å². The maximum atomic E-state index is 13.3. The molecule has 0 saturated carbocycles. The molecular weight excluding hydrogens is 455 g/mol. The number of aryl methyl sites for hydroxylation is 1. The molecule has 2 N–H and O–H groups in total. The molecule has 31 heavy (non-hydrogen) atoms. The molecule has 162 valence electrons. The number of benzene rings is 2. The molecule has 0 amide bonds. The number of halogens is 2. The molecule has 0 saturated heterocycles. The zero-order valence-corrected chi connectivity index (χ0v) is 19.4. The van der Waals surface area contributed by atoms with Gasteiger partial charge in [0.05, 0.1) is 16.2 Å². The van der Waals surface area contributed by atoms with Crippen LogP contribution in [0.3, 0.4) is 0 Å². The molecule has 0 bridgehead atoms. The van der Waals surface area contributed by atoms with Crippen LogP contribution in [0.4, 0.5) is 11.4 Å². The quantitative estimate of drug-likeness (QED) is 0.403. The normalized spacial score (nSPS) is 11.3. The number of hydrogen-bond donors (Lipinski definition) is 2. The van der Waals surface area contributed by atoms with Crippen LogP contribution in [0.5, 0.6) is 0 Å². The van der Waals surface area contributed by atoms with Crippen LogP contribution in [0.2, 0.25) is 5.02 Å². The van der Waals surface area contributed by atoms with E-state index in [0.717, 1.165) is 27.9 Å². The van der Waals surface area contributed by atoms with Crippen molar-refractivity contribution in [2.75, 3.05) is 12.4 Å².